The molecule has 0 amide bonds. The summed E-state index contributed by atoms with van der Waals surface area (Å²) in [5, 5.41) is 22.7. The molecule has 2 radical (unpaired) electrons. The summed E-state index contributed by atoms with van der Waals surface area (Å²) < 4.78 is 11.8. The molecule has 11 heteroatoms. The normalized spacial score (nSPS) is 14.5. The summed E-state index contributed by atoms with van der Waals surface area (Å²) in [5.41, 5.74) is 10.1. The number of aromatic hydroxyl groups is 2. The Morgan fingerprint density at radius 3 is 2.33 bits per heavy atom. The first-order chi connectivity index (χ1) is 16.2. The van der Waals surface area contributed by atoms with Crippen LogP contribution in [0.25, 0.3) is 49.7 Å². The van der Waals surface area contributed by atoms with E-state index in [1.54, 1.807) is 32.0 Å². The number of aromatic nitrogens is 1. The number of benzene rings is 3. The third-order valence-corrected chi connectivity index (χ3v) is 6.78. The van der Waals surface area contributed by atoms with E-state index >= 15 is 0 Å². The molecular formula is C25H23Ac2N4O5-. The molecule has 1 fully saturated rings. The van der Waals surface area contributed by atoms with Crippen molar-refractivity contribution in [1.82, 2.24) is 9.88 Å². The van der Waals surface area contributed by atoms with E-state index < -0.39 is 11.2 Å². The number of furan rings is 1. The first kappa shape index (κ1) is 27.9. The zero-order valence-corrected chi connectivity index (χ0v) is 29.7. The second-order valence-electron chi connectivity index (χ2n) is 9.02. The van der Waals surface area contributed by atoms with Crippen LogP contribution in [0.4, 0.5) is 11.4 Å². The van der Waals surface area contributed by atoms with E-state index in [1.165, 1.54) is 0 Å². The molecule has 180 valence electrons. The first-order valence-corrected chi connectivity index (χ1v) is 11.1. The second-order valence-corrected chi connectivity index (χ2v) is 9.02. The zero-order valence-electron chi connectivity index (χ0n) is 20.2. The maximum Gasteiger partial charge on any atom is 0.196 e. The van der Waals surface area contributed by atoms with Crippen LogP contribution in [-0.4, -0.2) is 53.3 Å². The van der Waals surface area contributed by atoms with Crippen LogP contribution < -0.4 is 10.3 Å². The zero-order chi connectivity index (χ0) is 23.9. The van der Waals surface area contributed by atoms with Crippen molar-refractivity contribution in [3.63, 3.8) is 0 Å². The van der Waals surface area contributed by atoms with Gasteiger partial charge in [0.15, 0.2) is 11.0 Å². The number of piperazine rings is 1. The van der Waals surface area contributed by atoms with Gasteiger partial charge in [-0.1, -0.05) is 5.69 Å². The second kappa shape index (κ2) is 10.2. The maximum atomic E-state index is 13.1. The van der Waals surface area contributed by atoms with Crippen molar-refractivity contribution in [3.8, 4) is 11.5 Å². The van der Waals surface area contributed by atoms with Gasteiger partial charge in [0.2, 0.25) is 0 Å². The Morgan fingerprint density at radius 1 is 0.944 bits per heavy atom. The summed E-state index contributed by atoms with van der Waals surface area (Å²) >= 11 is 0. The van der Waals surface area contributed by atoms with Gasteiger partial charge in [-0.25, -0.2) is 4.98 Å². The van der Waals surface area contributed by atoms with E-state index in [0.717, 1.165) is 31.9 Å². The summed E-state index contributed by atoms with van der Waals surface area (Å²) in [5.74, 6) is 0.0876. The van der Waals surface area contributed by atoms with Crippen molar-refractivity contribution in [2.75, 3.05) is 38.1 Å². The minimum Gasteiger partial charge on any atom is -0.693 e. The average molecular weight is 913 g/mol. The maximum absolute atomic E-state index is 13.1. The van der Waals surface area contributed by atoms with Crippen LogP contribution in [-0.2, 0) is 0 Å². The SMILES string of the molecule is Cc1cc2c(o1)c(C)c(=O)c1c(O)c([NH-])c3oc4cc(N5CCN(C)CC5)cc(O)c4nc3c12.[Ac].[Ac]. The van der Waals surface area contributed by atoms with Crippen molar-refractivity contribution in [2.45, 2.75) is 13.8 Å². The van der Waals surface area contributed by atoms with Crippen LogP contribution in [0.15, 0.2) is 31.8 Å². The van der Waals surface area contributed by atoms with Gasteiger partial charge in [-0.15, -0.1) is 0 Å². The van der Waals surface area contributed by atoms with E-state index in [0.29, 0.717) is 33.3 Å². The number of anilines is 1. The molecule has 1 aliphatic heterocycles. The molecular weight excluding hydrogens is 890 g/mol. The molecule has 36 heavy (non-hydrogen) atoms. The molecule has 0 atom stereocenters. The number of likely N-dealkylation sites (N-methyl/N-ethyl adjacent to an activating group) is 1. The van der Waals surface area contributed by atoms with Gasteiger partial charge in [-0.2, -0.15) is 0 Å². The summed E-state index contributed by atoms with van der Waals surface area (Å²) in [6.45, 7) is 6.82. The van der Waals surface area contributed by atoms with Crippen LogP contribution in [0, 0.1) is 102 Å². The molecule has 3 aromatic carbocycles. The molecule has 0 saturated carbocycles. The summed E-state index contributed by atoms with van der Waals surface area (Å²) in [4.78, 5) is 22.2. The van der Waals surface area contributed by atoms with Gasteiger partial charge in [-0.3, -0.25) is 4.79 Å². The topological polar surface area (TPSA) is 127 Å². The molecule has 0 spiro atoms. The van der Waals surface area contributed by atoms with E-state index in [2.05, 4.69) is 21.8 Å². The number of nitrogens with zero attached hydrogens (tertiary/aromatic N) is 3. The van der Waals surface area contributed by atoms with Gasteiger partial charge in [0.1, 0.15) is 39.5 Å². The van der Waals surface area contributed by atoms with E-state index in [1.807, 2.05) is 0 Å². The summed E-state index contributed by atoms with van der Waals surface area (Å²) in [6, 6.07) is 5.22. The molecule has 2 aromatic heterocycles. The van der Waals surface area contributed by atoms with Crippen molar-refractivity contribution < 1.29 is 107 Å². The van der Waals surface area contributed by atoms with Crippen LogP contribution in [0.1, 0.15) is 11.3 Å². The standard InChI is InChI=1S/C25H24N4O5.2Ac/c1-11-8-14-17-18(22(31)12(2)24(14)33-11)23(32)19(26)25-21(17)27-20-15(30)9-13(10-16(20)34-25)29-6-4-28(3)5-7-29;;/h8-10H,4-7H2,1-3H3,(H4,26,27,30,31,32);;/p-1. The number of rotatable bonds is 1. The Bertz CT molecular complexity index is 1720. The van der Waals surface area contributed by atoms with Gasteiger partial charge >= 0.3 is 0 Å². The molecule has 0 bridgehead atoms. The van der Waals surface area contributed by atoms with E-state index in [4.69, 9.17) is 14.6 Å². The van der Waals surface area contributed by atoms with Gasteiger partial charge in [0.25, 0.3) is 0 Å². The smallest absolute Gasteiger partial charge is 0.196 e. The number of hydrogen-bond acceptors (Lipinski definition) is 8. The molecule has 3 N–H and O–H groups in total. The number of phenolic OH excluding ortho intramolecular Hbond substituents is 2. The molecule has 1 saturated heterocycles. The first-order valence-electron chi connectivity index (χ1n) is 11.1. The Balaban J connectivity index is 0.00000152. The van der Waals surface area contributed by atoms with Crippen LogP contribution in [0.3, 0.4) is 0 Å². The van der Waals surface area contributed by atoms with E-state index in [9.17, 15) is 15.0 Å². The summed E-state index contributed by atoms with van der Waals surface area (Å²) in [7, 11) is 2.07. The van der Waals surface area contributed by atoms with Crippen LogP contribution in [0.2, 0.25) is 0 Å². The number of aryl methyl sites for hydroxylation is 2. The molecule has 3 heterocycles. The molecule has 1 aliphatic rings. The largest absolute Gasteiger partial charge is 0.693 e. The Labute approximate surface area is 277 Å². The van der Waals surface area contributed by atoms with Gasteiger partial charge < -0.3 is 34.6 Å². The predicted octanol–water partition coefficient (Wildman–Crippen LogP) is 4.70. The van der Waals surface area contributed by atoms with Gasteiger partial charge in [0.05, 0.1) is 5.39 Å². The van der Waals surface area contributed by atoms with Crippen molar-refractivity contribution >= 4 is 55.3 Å². The van der Waals surface area contributed by atoms with Crippen LogP contribution in [0.5, 0.6) is 11.5 Å². The number of fused-ring (bicyclic) bond motifs is 6. The number of phenols is 2. The average Bonchev–Trinajstić information content (AvgIpc) is 3.21. The Morgan fingerprint density at radius 2 is 1.64 bits per heavy atom. The fourth-order valence-electron chi connectivity index (χ4n) is 4.90. The number of nitrogens with one attached hydrogen (secondary N) is 1. The van der Waals surface area contributed by atoms with Crippen molar-refractivity contribution in [1.29, 1.82) is 0 Å². The van der Waals surface area contributed by atoms with Crippen molar-refractivity contribution in [3.05, 3.63) is 45.5 Å². The third-order valence-electron chi connectivity index (χ3n) is 6.78. The molecule has 0 aliphatic carbocycles. The molecule has 5 aromatic rings. The van der Waals surface area contributed by atoms with Gasteiger partial charge in [0, 0.05) is 148 Å². The summed E-state index contributed by atoms with van der Waals surface area (Å²) in [6.07, 6.45) is 0. The Hall–Kier alpha value is -1.10. The monoisotopic (exact) mass is 913 g/mol. The fraction of sp³-hybridized carbons (Fsp3) is 0.280. The van der Waals surface area contributed by atoms with Gasteiger partial charge in [-0.05, 0) is 27.0 Å². The van der Waals surface area contributed by atoms with Crippen molar-refractivity contribution in [2.24, 2.45) is 0 Å². The quantitative estimate of drug-likeness (QED) is 0.141. The van der Waals surface area contributed by atoms with E-state index in [-0.39, 0.29) is 122 Å². The Kier molecular flexibility index (Phi) is 7.93. The van der Waals surface area contributed by atoms with Crippen LogP contribution >= 0.6 is 0 Å². The number of hydrogen-bond donors (Lipinski definition) is 2. The third kappa shape index (κ3) is 4.24. The fourth-order valence-corrected chi connectivity index (χ4v) is 4.90. The minimum absolute atomic E-state index is 0. The molecule has 9 nitrogen and oxygen atoms in total. The predicted molar refractivity (Wildman–Crippen MR) is 132 cm³/mol. The molecule has 0 unspecified atom stereocenters. The minimum atomic E-state index is -0.458. The molecule has 6 rings (SSSR count).